The summed E-state index contributed by atoms with van der Waals surface area (Å²) in [5, 5.41) is 11.4. The average molecular weight is 449 g/mol. The Morgan fingerprint density at radius 2 is 1.79 bits per heavy atom. The van der Waals surface area contributed by atoms with Crippen LogP contribution in [0.25, 0.3) is 28.0 Å². The summed E-state index contributed by atoms with van der Waals surface area (Å²) >= 11 is 4.99. The van der Waals surface area contributed by atoms with Crippen molar-refractivity contribution in [1.82, 2.24) is 24.7 Å². The summed E-state index contributed by atoms with van der Waals surface area (Å²) in [4.78, 5) is 13.5. The van der Waals surface area contributed by atoms with Gasteiger partial charge < -0.3 is 5.32 Å². The Morgan fingerprint density at radius 3 is 2.61 bits per heavy atom. The summed E-state index contributed by atoms with van der Waals surface area (Å²) in [6.07, 6.45) is 3.31. The lowest BCUT2D eigenvalue weighted by molar-refractivity contribution is 0.895. The molecule has 0 aliphatic rings. The van der Waals surface area contributed by atoms with Gasteiger partial charge in [-0.2, -0.15) is 5.10 Å². The quantitative estimate of drug-likeness (QED) is 0.396. The number of halogens is 1. The molecule has 0 amide bonds. The van der Waals surface area contributed by atoms with E-state index in [9.17, 15) is 0 Å². The molecule has 2 aromatic carbocycles. The molecule has 6 nitrogen and oxygen atoms in total. The Hall–Kier alpha value is -3.10. The minimum absolute atomic E-state index is 0.684. The molecule has 0 saturated carbocycles. The maximum absolute atomic E-state index is 4.68. The molecule has 0 radical (unpaired) electrons. The molecule has 1 N–H and O–H groups in total. The van der Waals surface area contributed by atoms with Gasteiger partial charge in [0.2, 0.25) is 0 Å². The predicted molar refractivity (Wildman–Crippen MR) is 115 cm³/mol. The van der Waals surface area contributed by atoms with E-state index in [1.165, 1.54) is 17.7 Å². The molecule has 0 unspecified atom stereocenters. The number of hydrogen-bond acceptors (Lipinski definition) is 6. The van der Waals surface area contributed by atoms with Crippen LogP contribution in [0.5, 0.6) is 0 Å². The SMILES string of the molecule is Brc1ccc(-c2csc(Nc3ncnc4c3cnn4-c3ccccc3)n2)cc1. The zero-order valence-electron chi connectivity index (χ0n) is 14.5. The molecule has 0 saturated heterocycles. The Labute approximate surface area is 173 Å². The third-order valence-electron chi connectivity index (χ3n) is 4.24. The van der Waals surface area contributed by atoms with Crippen LogP contribution in [0.3, 0.4) is 0 Å². The largest absolute Gasteiger partial charge is 0.315 e. The molecular weight excluding hydrogens is 436 g/mol. The first kappa shape index (κ1) is 17.0. The molecule has 5 aromatic rings. The van der Waals surface area contributed by atoms with Crippen LogP contribution in [0.1, 0.15) is 0 Å². The van der Waals surface area contributed by atoms with Crippen molar-refractivity contribution >= 4 is 49.2 Å². The number of fused-ring (bicyclic) bond motifs is 1. The summed E-state index contributed by atoms with van der Waals surface area (Å²) in [6.45, 7) is 0. The van der Waals surface area contributed by atoms with Crippen LogP contribution < -0.4 is 5.32 Å². The Balaban J connectivity index is 1.48. The van der Waals surface area contributed by atoms with Gasteiger partial charge in [0.05, 0.1) is 23.0 Å². The molecule has 28 heavy (non-hydrogen) atoms. The van der Waals surface area contributed by atoms with Crippen molar-refractivity contribution in [2.45, 2.75) is 0 Å². The molecule has 0 bridgehead atoms. The number of para-hydroxylation sites is 1. The fourth-order valence-electron chi connectivity index (χ4n) is 2.89. The maximum atomic E-state index is 4.68. The van der Waals surface area contributed by atoms with Gasteiger partial charge in [-0.3, -0.25) is 0 Å². The molecule has 0 aliphatic carbocycles. The molecule has 136 valence electrons. The highest BCUT2D eigenvalue weighted by Gasteiger charge is 2.13. The molecule has 0 aliphatic heterocycles. The van der Waals surface area contributed by atoms with Crippen LogP contribution in [0.4, 0.5) is 10.9 Å². The van der Waals surface area contributed by atoms with Crippen molar-refractivity contribution in [3.05, 3.63) is 77.0 Å². The van der Waals surface area contributed by atoms with Crippen molar-refractivity contribution in [2.24, 2.45) is 0 Å². The summed E-state index contributed by atoms with van der Waals surface area (Å²) in [7, 11) is 0. The molecule has 3 heterocycles. The Kier molecular flexibility index (Phi) is 4.34. The van der Waals surface area contributed by atoms with E-state index in [-0.39, 0.29) is 0 Å². The van der Waals surface area contributed by atoms with E-state index in [1.54, 1.807) is 10.9 Å². The fraction of sp³-hybridized carbons (Fsp3) is 0. The number of rotatable bonds is 4. The molecule has 0 fully saturated rings. The molecule has 0 atom stereocenters. The Bertz CT molecular complexity index is 1250. The first-order chi connectivity index (χ1) is 13.8. The zero-order chi connectivity index (χ0) is 18.9. The number of aromatic nitrogens is 5. The van der Waals surface area contributed by atoms with Gasteiger partial charge >= 0.3 is 0 Å². The van der Waals surface area contributed by atoms with Gasteiger partial charge in [0, 0.05) is 15.4 Å². The minimum Gasteiger partial charge on any atom is -0.315 e. The van der Waals surface area contributed by atoms with Gasteiger partial charge in [-0.25, -0.2) is 19.6 Å². The second-order valence-corrected chi connectivity index (χ2v) is 7.80. The third kappa shape index (κ3) is 3.17. The van der Waals surface area contributed by atoms with Crippen molar-refractivity contribution in [3.8, 4) is 16.9 Å². The molecule has 8 heteroatoms. The van der Waals surface area contributed by atoms with E-state index in [0.29, 0.717) is 5.82 Å². The van der Waals surface area contributed by atoms with Crippen molar-refractivity contribution < 1.29 is 0 Å². The van der Waals surface area contributed by atoms with Gasteiger partial charge in [0.25, 0.3) is 0 Å². The second-order valence-electron chi connectivity index (χ2n) is 6.02. The monoisotopic (exact) mass is 448 g/mol. The van der Waals surface area contributed by atoms with E-state index in [1.807, 2.05) is 60.0 Å². The minimum atomic E-state index is 0.684. The number of thiazole rings is 1. The maximum Gasteiger partial charge on any atom is 0.188 e. The number of nitrogens with zero attached hydrogens (tertiary/aromatic N) is 5. The number of anilines is 2. The first-order valence-electron chi connectivity index (χ1n) is 8.50. The summed E-state index contributed by atoms with van der Waals surface area (Å²) in [6, 6.07) is 18.0. The molecule has 0 spiro atoms. The van der Waals surface area contributed by atoms with Gasteiger partial charge in [0.1, 0.15) is 12.1 Å². The summed E-state index contributed by atoms with van der Waals surface area (Å²) in [5.41, 5.74) is 3.69. The lowest BCUT2D eigenvalue weighted by atomic mass is 10.2. The van der Waals surface area contributed by atoms with Crippen LogP contribution >= 0.6 is 27.3 Å². The number of hydrogen-bond donors (Lipinski definition) is 1. The van der Waals surface area contributed by atoms with Crippen LogP contribution in [0.15, 0.2) is 77.0 Å². The van der Waals surface area contributed by atoms with Gasteiger partial charge in [0.15, 0.2) is 10.8 Å². The van der Waals surface area contributed by atoms with Crippen molar-refractivity contribution in [2.75, 3.05) is 5.32 Å². The van der Waals surface area contributed by atoms with Crippen molar-refractivity contribution in [1.29, 1.82) is 0 Å². The van der Waals surface area contributed by atoms with Gasteiger partial charge in [-0.1, -0.05) is 46.3 Å². The van der Waals surface area contributed by atoms with Gasteiger partial charge in [-0.05, 0) is 24.3 Å². The highest BCUT2D eigenvalue weighted by molar-refractivity contribution is 9.10. The summed E-state index contributed by atoms with van der Waals surface area (Å²) in [5.74, 6) is 0.684. The van der Waals surface area contributed by atoms with E-state index in [4.69, 9.17) is 0 Å². The standard InChI is InChI=1S/C20H13BrN6S/c21-14-8-6-13(7-9-14)17-11-28-20(25-17)26-18-16-10-24-27(19(16)23-12-22-18)15-4-2-1-3-5-15/h1-12H,(H,22,23,25,26). The Morgan fingerprint density at radius 1 is 0.964 bits per heavy atom. The van der Waals surface area contributed by atoms with E-state index >= 15 is 0 Å². The zero-order valence-corrected chi connectivity index (χ0v) is 16.9. The first-order valence-corrected chi connectivity index (χ1v) is 10.2. The van der Waals surface area contributed by atoms with Crippen LogP contribution in [-0.4, -0.2) is 24.7 Å². The lowest BCUT2D eigenvalue weighted by Crippen LogP contribution is -1.99. The molecule has 5 rings (SSSR count). The topological polar surface area (TPSA) is 68.5 Å². The highest BCUT2D eigenvalue weighted by Crippen LogP contribution is 2.29. The van der Waals surface area contributed by atoms with Crippen LogP contribution in [0, 0.1) is 0 Å². The smallest absolute Gasteiger partial charge is 0.188 e. The van der Waals surface area contributed by atoms with E-state index in [0.717, 1.165) is 37.6 Å². The van der Waals surface area contributed by atoms with Crippen LogP contribution in [0.2, 0.25) is 0 Å². The van der Waals surface area contributed by atoms with E-state index in [2.05, 4.69) is 41.3 Å². The normalized spacial score (nSPS) is 11.0. The summed E-state index contributed by atoms with van der Waals surface area (Å²) < 4.78 is 2.85. The number of nitrogens with one attached hydrogen (secondary N) is 1. The molecule has 3 aromatic heterocycles. The van der Waals surface area contributed by atoms with Crippen LogP contribution in [-0.2, 0) is 0 Å². The van der Waals surface area contributed by atoms with Gasteiger partial charge in [-0.15, -0.1) is 11.3 Å². The van der Waals surface area contributed by atoms with Crippen molar-refractivity contribution in [3.63, 3.8) is 0 Å². The molecular formula is C20H13BrN6S. The lowest BCUT2D eigenvalue weighted by Gasteiger charge is -2.04. The highest BCUT2D eigenvalue weighted by atomic mass is 79.9. The number of benzene rings is 2. The third-order valence-corrected chi connectivity index (χ3v) is 5.52. The van der Waals surface area contributed by atoms with E-state index < -0.39 is 0 Å². The average Bonchev–Trinajstić information content (AvgIpc) is 3.37. The predicted octanol–water partition coefficient (Wildman–Crippen LogP) is 5.45. The second kappa shape index (κ2) is 7.14. The fourth-order valence-corrected chi connectivity index (χ4v) is 3.87.